The molecule has 3 nitrogen and oxygen atoms in total. The van der Waals surface area contributed by atoms with E-state index in [4.69, 9.17) is 16.9 Å². The molecule has 0 bridgehead atoms. The Morgan fingerprint density at radius 2 is 2.25 bits per heavy atom. The summed E-state index contributed by atoms with van der Waals surface area (Å²) in [6.45, 7) is 4.04. The summed E-state index contributed by atoms with van der Waals surface area (Å²) >= 11 is 5.89. The number of carbonyl (C=O) groups is 1. The third-order valence-electron chi connectivity index (χ3n) is 2.22. The van der Waals surface area contributed by atoms with Gasteiger partial charge >= 0.3 is 5.97 Å². The molecule has 16 heavy (non-hydrogen) atoms. The lowest BCUT2D eigenvalue weighted by atomic mass is 9.95. The average Bonchev–Trinajstić information content (AvgIpc) is 2.20. The SMILES string of the molecule is CC(C)c1cc(Cl)ccc1CC(=O)OC#N. The van der Waals surface area contributed by atoms with E-state index >= 15 is 0 Å². The Balaban J connectivity index is 2.96. The number of rotatable bonds is 3. The van der Waals surface area contributed by atoms with Gasteiger partial charge in [0.2, 0.25) is 0 Å². The molecule has 0 aliphatic rings. The molecular weight excluding hydrogens is 226 g/mol. The number of ether oxygens (including phenoxy) is 1. The zero-order chi connectivity index (χ0) is 12.1. The highest BCUT2D eigenvalue weighted by Gasteiger charge is 2.12. The van der Waals surface area contributed by atoms with Crippen LogP contribution in [0.25, 0.3) is 0 Å². The molecular formula is C12H12ClNO2. The van der Waals surface area contributed by atoms with Crippen LogP contribution in [0.15, 0.2) is 18.2 Å². The van der Waals surface area contributed by atoms with Crippen LogP contribution in [0.1, 0.15) is 30.9 Å². The van der Waals surface area contributed by atoms with E-state index in [0.717, 1.165) is 11.1 Å². The number of hydrogen-bond donors (Lipinski definition) is 0. The van der Waals surface area contributed by atoms with Crippen molar-refractivity contribution in [2.45, 2.75) is 26.2 Å². The van der Waals surface area contributed by atoms with Gasteiger partial charge in [0.25, 0.3) is 6.26 Å². The molecule has 0 atom stereocenters. The molecule has 0 unspecified atom stereocenters. The van der Waals surface area contributed by atoms with Gasteiger partial charge in [-0.1, -0.05) is 31.5 Å². The van der Waals surface area contributed by atoms with Crippen LogP contribution in [-0.4, -0.2) is 5.97 Å². The molecule has 1 aromatic carbocycles. The van der Waals surface area contributed by atoms with Crippen LogP contribution in [0.5, 0.6) is 0 Å². The van der Waals surface area contributed by atoms with Crippen molar-refractivity contribution in [2.75, 3.05) is 0 Å². The Bertz CT molecular complexity index is 435. The number of benzene rings is 1. The van der Waals surface area contributed by atoms with Crippen LogP contribution in [0.2, 0.25) is 5.02 Å². The summed E-state index contributed by atoms with van der Waals surface area (Å²) in [5, 5.41) is 8.86. The second-order valence-corrected chi connectivity index (χ2v) is 4.18. The second kappa shape index (κ2) is 5.53. The maximum atomic E-state index is 11.2. The summed E-state index contributed by atoms with van der Waals surface area (Å²) in [6.07, 6.45) is 1.47. The Morgan fingerprint density at radius 1 is 1.56 bits per heavy atom. The molecule has 1 aromatic rings. The molecule has 0 aliphatic heterocycles. The number of halogens is 1. The number of esters is 1. The van der Waals surface area contributed by atoms with Gasteiger partial charge in [-0.05, 0) is 29.2 Å². The monoisotopic (exact) mass is 237 g/mol. The fourth-order valence-corrected chi connectivity index (χ4v) is 1.69. The van der Waals surface area contributed by atoms with Gasteiger partial charge in [0.1, 0.15) is 0 Å². The highest BCUT2D eigenvalue weighted by molar-refractivity contribution is 6.30. The number of nitriles is 1. The summed E-state index contributed by atoms with van der Waals surface area (Å²) in [5.74, 6) is -0.282. The van der Waals surface area contributed by atoms with E-state index in [-0.39, 0.29) is 12.3 Å². The maximum absolute atomic E-state index is 11.2. The van der Waals surface area contributed by atoms with E-state index in [9.17, 15) is 4.79 Å². The van der Waals surface area contributed by atoms with Crippen LogP contribution >= 0.6 is 11.6 Å². The first kappa shape index (κ1) is 12.5. The Kier molecular flexibility index (Phi) is 4.33. The van der Waals surface area contributed by atoms with E-state index in [1.807, 2.05) is 19.9 Å². The van der Waals surface area contributed by atoms with Crippen molar-refractivity contribution in [1.29, 1.82) is 5.26 Å². The van der Waals surface area contributed by atoms with E-state index < -0.39 is 5.97 Å². The molecule has 0 spiro atoms. The molecule has 0 saturated carbocycles. The minimum atomic E-state index is -0.549. The fourth-order valence-electron chi connectivity index (χ4n) is 1.51. The first-order valence-electron chi connectivity index (χ1n) is 4.91. The van der Waals surface area contributed by atoms with Gasteiger partial charge in [0.05, 0.1) is 6.42 Å². The third-order valence-corrected chi connectivity index (χ3v) is 2.46. The van der Waals surface area contributed by atoms with Gasteiger partial charge in [-0.3, -0.25) is 4.79 Å². The van der Waals surface area contributed by atoms with Crippen LogP contribution in [0.3, 0.4) is 0 Å². The summed E-state index contributed by atoms with van der Waals surface area (Å²) in [4.78, 5) is 11.2. The van der Waals surface area contributed by atoms with Crippen molar-refractivity contribution in [2.24, 2.45) is 0 Å². The lowest BCUT2D eigenvalue weighted by Gasteiger charge is -2.11. The van der Waals surface area contributed by atoms with Crippen LogP contribution in [0.4, 0.5) is 0 Å². The van der Waals surface area contributed by atoms with Gasteiger partial charge in [-0.2, -0.15) is 0 Å². The van der Waals surface area contributed by atoms with Crippen molar-refractivity contribution in [3.8, 4) is 6.26 Å². The van der Waals surface area contributed by atoms with E-state index in [1.54, 1.807) is 12.1 Å². The number of nitrogens with zero attached hydrogens (tertiary/aromatic N) is 1. The molecule has 0 fully saturated rings. The highest BCUT2D eigenvalue weighted by Crippen LogP contribution is 2.24. The van der Waals surface area contributed by atoms with Gasteiger partial charge < -0.3 is 4.74 Å². The summed E-state index contributed by atoms with van der Waals surface area (Å²) in [6, 6.07) is 5.35. The number of hydrogen-bond acceptors (Lipinski definition) is 3. The normalized spacial score (nSPS) is 9.94. The van der Waals surface area contributed by atoms with Gasteiger partial charge in [-0.25, -0.2) is 0 Å². The first-order chi connectivity index (χ1) is 7.54. The molecule has 0 radical (unpaired) electrons. The molecule has 0 saturated heterocycles. The zero-order valence-electron chi connectivity index (χ0n) is 9.16. The maximum Gasteiger partial charge on any atom is 0.326 e. The van der Waals surface area contributed by atoms with Crippen molar-refractivity contribution in [1.82, 2.24) is 0 Å². The Morgan fingerprint density at radius 3 is 2.81 bits per heavy atom. The fraction of sp³-hybridized carbons (Fsp3) is 0.333. The van der Waals surface area contributed by atoms with Gasteiger partial charge in [0, 0.05) is 5.02 Å². The lowest BCUT2D eigenvalue weighted by Crippen LogP contribution is -2.07. The molecule has 4 heteroatoms. The molecule has 0 N–H and O–H groups in total. The largest absolute Gasteiger partial charge is 0.351 e. The molecule has 1 rings (SSSR count). The molecule has 0 heterocycles. The van der Waals surface area contributed by atoms with Crippen LogP contribution in [0, 0.1) is 11.5 Å². The average molecular weight is 238 g/mol. The summed E-state index contributed by atoms with van der Waals surface area (Å²) in [7, 11) is 0. The zero-order valence-corrected chi connectivity index (χ0v) is 9.91. The lowest BCUT2D eigenvalue weighted by molar-refractivity contribution is -0.136. The van der Waals surface area contributed by atoms with Crippen LogP contribution in [-0.2, 0) is 16.0 Å². The third kappa shape index (κ3) is 3.25. The predicted octanol–water partition coefficient (Wildman–Crippen LogP) is 3.03. The standard InChI is InChI=1S/C12H12ClNO2/c1-8(2)11-6-10(13)4-3-9(11)5-12(15)16-7-14/h3-4,6,8H,5H2,1-2H3. The highest BCUT2D eigenvalue weighted by atomic mass is 35.5. The summed E-state index contributed by atoms with van der Waals surface area (Å²) < 4.78 is 4.24. The van der Waals surface area contributed by atoms with E-state index in [2.05, 4.69) is 4.74 Å². The topological polar surface area (TPSA) is 50.1 Å². The second-order valence-electron chi connectivity index (χ2n) is 3.74. The number of carbonyl (C=O) groups excluding carboxylic acids is 1. The minimum absolute atomic E-state index is 0.0955. The molecule has 0 amide bonds. The van der Waals surface area contributed by atoms with Crippen molar-refractivity contribution in [3.63, 3.8) is 0 Å². The Labute approximate surface area is 99.6 Å². The molecule has 84 valence electrons. The minimum Gasteiger partial charge on any atom is -0.351 e. The van der Waals surface area contributed by atoms with Crippen LogP contribution < -0.4 is 0 Å². The van der Waals surface area contributed by atoms with E-state index in [1.165, 1.54) is 6.26 Å². The van der Waals surface area contributed by atoms with Gasteiger partial charge in [0.15, 0.2) is 0 Å². The molecule has 0 aromatic heterocycles. The first-order valence-corrected chi connectivity index (χ1v) is 5.29. The van der Waals surface area contributed by atoms with Crippen molar-refractivity contribution >= 4 is 17.6 Å². The van der Waals surface area contributed by atoms with Gasteiger partial charge in [-0.15, -0.1) is 5.26 Å². The Hall–Kier alpha value is -1.53. The molecule has 0 aliphatic carbocycles. The predicted molar refractivity (Wildman–Crippen MR) is 61.0 cm³/mol. The quantitative estimate of drug-likeness (QED) is 0.600. The summed E-state index contributed by atoms with van der Waals surface area (Å²) in [5.41, 5.74) is 1.85. The smallest absolute Gasteiger partial charge is 0.326 e. The van der Waals surface area contributed by atoms with Crippen molar-refractivity contribution in [3.05, 3.63) is 34.3 Å². The van der Waals surface area contributed by atoms with Crippen molar-refractivity contribution < 1.29 is 9.53 Å². The van der Waals surface area contributed by atoms with E-state index in [0.29, 0.717) is 5.02 Å².